The lowest BCUT2D eigenvalue weighted by atomic mass is 9.94. The Morgan fingerprint density at radius 1 is 1.24 bits per heavy atom. The van der Waals surface area contributed by atoms with E-state index >= 15 is 0 Å². The van der Waals surface area contributed by atoms with Crippen LogP contribution in [-0.4, -0.2) is 40.7 Å². The van der Waals surface area contributed by atoms with Crippen molar-refractivity contribution >= 4 is 5.97 Å². The molecule has 0 bridgehead atoms. The number of aryl methyl sites for hydroxylation is 1. The number of ether oxygens (including phenoxy) is 1. The lowest BCUT2D eigenvalue weighted by Gasteiger charge is -2.31. The highest BCUT2D eigenvalue weighted by molar-refractivity contribution is 5.74. The number of benzene rings is 2. The predicted molar refractivity (Wildman–Crippen MR) is 109 cm³/mol. The van der Waals surface area contributed by atoms with Crippen molar-refractivity contribution in [1.29, 1.82) is 0 Å². The van der Waals surface area contributed by atoms with E-state index in [0.717, 1.165) is 33.9 Å². The van der Waals surface area contributed by atoms with Crippen LogP contribution in [0.1, 0.15) is 22.6 Å². The molecular weight excluding hydrogens is 368 g/mol. The van der Waals surface area contributed by atoms with Crippen molar-refractivity contribution in [3.63, 3.8) is 0 Å². The third kappa shape index (κ3) is 4.17. The van der Waals surface area contributed by atoms with Gasteiger partial charge in [0, 0.05) is 18.5 Å². The summed E-state index contributed by atoms with van der Waals surface area (Å²) in [6, 6.07) is 15.3. The molecule has 0 saturated heterocycles. The summed E-state index contributed by atoms with van der Waals surface area (Å²) in [6.45, 7) is 3.02. The predicted octanol–water partition coefficient (Wildman–Crippen LogP) is 3.71. The first-order valence-corrected chi connectivity index (χ1v) is 9.70. The van der Waals surface area contributed by atoms with Crippen molar-refractivity contribution in [2.45, 2.75) is 32.4 Å². The fourth-order valence-electron chi connectivity index (χ4n) is 3.69. The van der Waals surface area contributed by atoms with Crippen LogP contribution in [-0.2, 0) is 24.2 Å². The number of carbonyl (C=O) groups is 1. The van der Waals surface area contributed by atoms with Crippen LogP contribution in [0.4, 0.5) is 0 Å². The smallest absolute Gasteiger partial charge is 0.321 e. The first-order valence-electron chi connectivity index (χ1n) is 9.70. The molecule has 0 spiro atoms. The number of carboxylic acids is 1. The lowest BCUT2D eigenvalue weighted by molar-refractivity contribution is -0.143. The highest BCUT2D eigenvalue weighted by Crippen LogP contribution is 2.27. The van der Waals surface area contributed by atoms with Gasteiger partial charge >= 0.3 is 5.97 Å². The summed E-state index contributed by atoms with van der Waals surface area (Å²) in [7, 11) is 1.84. The molecule has 1 N–H and O–H groups in total. The van der Waals surface area contributed by atoms with Crippen LogP contribution in [0.5, 0.6) is 5.75 Å². The van der Waals surface area contributed by atoms with Crippen LogP contribution in [0.3, 0.4) is 0 Å². The highest BCUT2D eigenvalue weighted by atomic mass is 16.5. The van der Waals surface area contributed by atoms with Crippen molar-refractivity contribution in [1.82, 2.24) is 9.88 Å². The minimum atomic E-state index is -0.781. The molecule has 1 aliphatic rings. The van der Waals surface area contributed by atoms with E-state index < -0.39 is 12.0 Å². The van der Waals surface area contributed by atoms with Gasteiger partial charge < -0.3 is 14.3 Å². The van der Waals surface area contributed by atoms with E-state index in [0.29, 0.717) is 31.9 Å². The zero-order valence-corrected chi connectivity index (χ0v) is 16.6. The second-order valence-electron chi connectivity index (χ2n) is 7.39. The maximum atomic E-state index is 11.4. The Morgan fingerprint density at radius 3 is 2.79 bits per heavy atom. The topological polar surface area (TPSA) is 75.8 Å². The first kappa shape index (κ1) is 19.2. The minimum Gasteiger partial charge on any atom is -0.493 e. The summed E-state index contributed by atoms with van der Waals surface area (Å²) in [4.78, 5) is 17.8. The molecule has 1 aliphatic heterocycles. The molecule has 6 heteroatoms. The minimum absolute atomic E-state index is 0.469. The van der Waals surface area contributed by atoms with E-state index in [1.54, 1.807) is 0 Å². The fourth-order valence-corrected chi connectivity index (χ4v) is 3.69. The number of carboxylic acid groups (broad SMARTS) is 1. The molecule has 29 heavy (non-hydrogen) atoms. The molecule has 0 saturated carbocycles. The van der Waals surface area contributed by atoms with Gasteiger partial charge in [0.1, 0.15) is 17.6 Å². The van der Waals surface area contributed by atoms with Crippen LogP contribution >= 0.6 is 0 Å². The SMILES string of the molecule is Cc1oc(-c2ccccc2)nc1CCOc1ccc2c(c1)CN(C)[C@H](C(=O)O)C2. The maximum absolute atomic E-state index is 11.4. The Balaban J connectivity index is 1.39. The molecule has 1 aromatic heterocycles. The molecule has 0 aliphatic carbocycles. The zero-order chi connectivity index (χ0) is 20.4. The molecule has 2 heterocycles. The number of nitrogens with zero attached hydrogens (tertiary/aromatic N) is 2. The van der Waals surface area contributed by atoms with Crippen molar-refractivity contribution < 1.29 is 19.1 Å². The zero-order valence-electron chi connectivity index (χ0n) is 16.6. The average Bonchev–Trinajstić information content (AvgIpc) is 3.08. The number of fused-ring (bicyclic) bond motifs is 1. The summed E-state index contributed by atoms with van der Waals surface area (Å²) in [6.07, 6.45) is 1.17. The molecule has 6 nitrogen and oxygen atoms in total. The fraction of sp³-hybridized carbons (Fsp3) is 0.304. The van der Waals surface area contributed by atoms with Crippen LogP contribution in [0.25, 0.3) is 11.5 Å². The number of rotatable bonds is 6. The Bertz CT molecular complexity index is 1010. The Hall–Kier alpha value is -3.12. The summed E-state index contributed by atoms with van der Waals surface area (Å²) < 4.78 is 11.7. The third-order valence-electron chi connectivity index (χ3n) is 5.35. The summed E-state index contributed by atoms with van der Waals surface area (Å²) in [5.74, 6) is 1.44. The quantitative estimate of drug-likeness (QED) is 0.689. The molecule has 0 fully saturated rings. The van der Waals surface area contributed by atoms with Crippen molar-refractivity contribution in [2.75, 3.05) is 13.7 Å². The van der Waals surface area contributed by atoms with Crippen LogP contribution in [0.15, 0.2) is 52.9 Å². The van der Waals surface area contributed by atoms with Gasteiger partial charge in [-0.25, -0.2) is 4.98 Å². The van der Waals surface area contributed by atoms with E-state index in [9.17, 15) is 9.90 Å². The summed E-state index contributed by atoms with van der Waals surface area (Å²) in [5.41, 5.74) is 4.04. The molecule has 150 valence electrons. The van der Waals surface area contributed by atoms with Gasteiger partial charge in [0.05, 0.1) is 12.3 Å². The monoisotopic (exact) mass is 392 g/mol. The molecule has 3 aromatic rings. The maximum Gasteiger partial charge on any atom is 0.321 e. The summed E-state index contributed by atoms with van der Waals surface area (Å²) >= 11 is 0. The van der Waals surface area contributed by atoms with Gasteiger partial charge in [-0.2, -0.15) is 0 Å². The molecule has 1 atom stereocenters. The molecular formula is C23H24N2O4. The van der Waals surface area contributed by atoms with Gasteiger partial charge in [0.2, 0.25) is 5.89 Å². The number of aromatic nitrogens is 1. The van der Waals surface area contributed by atoms with Crippen LogP contribution < -0.4 is 4.74 Å². The van der Waals surface area contributed by atoms with Gasteiger partial charge in [-0.1, -0.05) is 24.3 Å². The lowest BCUT2D eigenvalue weighted by Crippen LogP contribution is -2.43. The summed E-state index contributed by atoms with van der Waals surface area (Å²) in [5, 5.41) is 9.33. The van der Waals surface area contributed by atoms with E-state index in [1.807, 2.05) is 67.4 Å². The second-order valence-corrected chi connectivity index (χ2v) is 7.39. The van der Waals surface area contributed by atoms with Gasteiger partial charge in [0.25, 0.3) is 0 Å². The van der Waals surface area contributed by atoms with E-state index in [2.05, 4.69) is 4.98 Å². The van der Waals surface area contributed by atoms with Crippen molar-refractivity contribution in [3.8, 4) is 17.2 Å². The Morgan fingerprint density at radius 2 is 2.03 bits per heavy atom. The number of aliphatic carboxylic acids is 1. The largest absolute Gasteiger partial charge is 0.493 e. The van der Waals surface area contributed by atoms with Crippen LogP contribution in [0, 0.1) is 6.92 Å². The first-order chi connectivity index (χ1) is 14.0. The van der Waals surface area contributed by atoms with Gasteiger partial charge in [0.15, 0.2) is 0 Å². The van der Waals surface area contributed by atoms with E-state index in [-0.39, 0.29) is 0 Å². The van der Waals surface area contributed by atoms with Gasteiger partial charge in [-0.05, 0) is 55.8 Å². The number of hydrogen-bond acceptors (Lipinski definition) is 5. The number of oxazole rings is 1. The standard InChI is InChI=1S/C23H24N2O4/c1-15-20(24-22(29-15)16-6-4-3-5-7-16)10-11-28-19-9-8-17-13-21(23(26)27)25(2)14-18(17)12-19/h3-9,12,21H,10-11,13-14H2,1-2H3,(H,26,27)/t21-/m0/s1. The van der Waals surface area contributed by atoms with E-state index in [1.165, 1.54) is 0 Å². The number of likely N-dealkylation sites (N-methyl/N-ethyl adjacent to an activating group) is 1. The van der Waals surface area contributed by atoms with Crippen molar-refractivity contribution in [2.24, 2.45) is 0 Å². The average molecular weight is 392 g/mol. The molecule has 2 aromatic carbocycles. The molecule has 4 rings (SSSR count). The second kappa shape index (κ2) is 8.09. The molecule has 0 radical (unpaired) electrons. The van der Waals surface area contributed by atoms with Gasteiger partial charge in [-0.3, -0.25) is 9.69 Å². The highest BCUT2D eigenvalue weighted by Gasteiger charge is 2.28. The Labute approximate surface area is 169 Å². The van der Waals surface area contributed by atoms with Crippen molar-refractivity contribution in [3.05, 3.63) is 71.1 Å². The van der Waals surface area contributed by atoms with Crippen LogP contribution in [0.2, 0.25) is 0 Å². The molecule has 0 unspecified atom stereocenters. The normalized spacial score (nSPS) is 16.4. The van der Waals surface area contributed by atoms with Gasteiger partial charge in [-0.15, -0.1) is 0 Å². The Kier molecular flexibility index (Phi) is 5.36. The van der Waals surface area contributed by atoms with E-state index in [4.69, 9.17) is 9.15 Å². The third-order valence-corrected chi connectivity index (χ3v) is 5.35. The number of hydrogen-bond donors (Lipinski definition) is 1. The molecule has 0 amide bonds.